The molecule has 0 radical (unpaired) electrons. The average molecular weight is 590 g/mol. The highest BCUT2D eigenvalue weighted by Crippen LogP contribution is 2.32. The van der Waals surface area contributed by atoms with Crippen molar-refractivity contribution in [3.63, 3.8) is 0 Å². The molecule has 1 amide bonds. The predicted molar refractivity (Wildman–Crippen MR) is 134 cm³/mol. The molecular weight excluding hydrogens is 572 g/mol. The van der Waals surface area contributed by atoms with Crippen LogP contribution in [-0.2, 0) is 14.9 Å². The van der Waals surface area contributed by atoms with Crippen molar-refractivity contribution in [2.24, 2.45) is 0 Å². The maximum absolute atomic E-state index is 12.7. The lowest BCUT2D eigenvalue weighted by Gasteiger charge is -2.10. The monoisotopic (exact) mass is 588 g/mol. The fraction of sp³-hybridized carbons (Fsp3) is 0.0833. The molecule has 0 heterocycles. The van der Waals surface area contributed by atoms with E-state index in [2.05, 4.69) is 37.2 Å². The number of benzene rings is 3. The van der Waals surface area contributed by atoms with Crippen LogP contribution in [0.2, 0.25) is 0 Å². The summed E-state index contributed by atoms with van der Waals surface area (Å²) in [7, 11) is -4.03. The topological polar surface area (TPSA) is 96.3 Å². The van der Waals surface area contributed by atoms with Crippen LogP contribution < -0.4 is 9.50 Å². The van der Waals surface area contributed by atoms with E-state index in [9.17, 15) is 18.5 Å². The Morgan fingerprint density at radius 3 is 2.24 bits per heavy atom. The first-order valence-electron chi connectivity index (χ1n) is 9.59. The summed E-state index contributed by atoms with van der Waals surface area (Å²) in [6.45, 7) is 3.77. The second-order valence-corrected chi connectivity index (χ2v) is 10.4. The summed E-state index contributed by atoms with van der Waals surface area (Å²) in [4.78, 5) is 12.7. The van der Waals surface area contributed by atoms with Gasteiger partial charge in [0.25, 0.3) is 5.91 Å². The lowest BCUT2D eigenvalue weighted by molar-refractivity contribution is -0.112. The molecule has 3 aromatic carbocycles. The summed E-state index contributed by atoms with van der Waals surface area (Å²) >= 11 is 6.81. The van der Waals surface area contributed by atoms with Crippen LogP contribution >= 0.6 is 31.9 Å². The van der Waals surface area contributed by atoms with E-state index in [1.807, 2.05) is 32.0 Å². The molecule has 0 aliphatic heterocycles. The van der Waals surface area contributed by atoms with Gasteiger partial charge in [0.05, 0.1) is 5.69 Å². The van der Waals surface area contributed by atoms with Crippen molar-refractivity contribution in [1.82, 2.24) is 0 Å². The van der Waals surface area contributed by atoms with Crippen molar-refractivity contribution >= 4 is 59.6 Å². The van der Waals surface area contributed by atoms with E-state index in [0.29, 0.717) is 20.2 Å². The van der Waals surface area contributed by atoms with Crippen LogP contribution in [0.1, 0.15) is 16.7 Å². The van der Waals surface area contributed by atoms with Crippen molar-refractivity contribution in [3.05, 3.63) is 91.9 Å². The zero-order valence-electron chi connectivity index (χ0n) is 17.6. The number of carbonyl (C=O) groups is 1. The minimum absolute atomic E-state index is 0.0281. The zero-order chi connectivity index (χ0) is 24.2. The van der Waals surface area contributed by atoms with Crippen molar-refractivity contribution in [3.8, 4) is 11.8 Å². The first-order valence-corrected chi connectivity index (χ1v) is 12.6. The van der Waals surface area contributed by atoms with Gasteiger partial charge in [-0.05, 0) is 99.3 Å². The molecule has 0 spiro atoms. The molecule has 1 N–H and O–H groups in total. The lowest BCUT2D eigenvalue weighted by Crippen LogP contribution is -2.14. The van der Waals surface area contributed by atoms with Gasteiger partial charge >= 0.3 is 10.1 Å². The summed E-state index contributed by atoms with van der Waals surface area (Å²) < 4.78 is 31.6. The van der Waals surface area contributed by atoms with E-state index in [0.717, 1.165) is 11.1 Å². The average Bonchev–Trinajstić information content (AvgIpc) is 2.74. The van der Waals surface area contributed by atoms with E-state index in [-0.39, 0.29) is 16.2 Å². The molecular formula is C24H18Br2N2O4S. The second-order valence-electron chi connectivity index (χ2n) is 7.15. The standard InChI is InChI=1S/C24H18Br2N2O4S/c1-15-6-8-20(9-7-15)33(30,31)32-19-5-3-4-17(13-19)12-18(14-27)24(29)28-23-21(25)10-16(2)11-22(23)26/h3-13H,1-2H3,(H,28,29)/b18-12+. The van der Waals surface area contributed by atoms with Gasteiger partial charge in [-0.25, -0.2) is 0 Å². The van der Waals surface area contributed by atoms with Crippen LogP contribution in [0.3, 0.4) is 0 Å². The minimum Gasteiger partial charge on any atom is -0.379 e. The summed E-state index contributed by atoms with van der Waals surface area (Å²) in [5.74, 6) is -0.549. The number of hydrogen-bond donors (Lipinski definition) is 1. The van der Waals surface area contributed by atoms with Gasteiger partial charge < -0.3 is 9.50 Å². The fourth-order valence-corrected chi connectivity index (χ4v) is 5.39. The number of halogens is 2. The number of nitrogens with zero attached hydrogens (tertiary/aromatic N) is 1. The summed E-state index contributed by atoms with van der Waals surface area (Å²) in [5, 5.41) is 12.2. The Morgan fingerprint density at radius 1 is 1.00 bits per heavy atom. The predicted octanol–water partition coefficient (Wildman–Crippen LogP) is 6.14. The Kier molecular flexibility index (Phi) is 7.74. The van der Waals surface area contributed by atoms with Crippen LogP contribution in [0, 0.1) is 25.2 Å². The van der Waals surface area contributed by atoms with E-state index < -0.39 is 16.0 Å². The lowest BCUT2D eigenvalue weighted by atomic mass is 10.1. The first kappa shape index (κ1) is 24.7. The largest absolute Gasteiger partial charge is 0.379 e. The van der Waals surface area contributed by atoms with Gasteiger partial charge in [-0.15, -0.1) is 0 Å². The van der Waals surface area contributed by atoms with Gasteiger partial charge in [-0.1, -0.05) is 29.8 Å². The molecule has 0 bridgehead atoms. The number of hydrogen-bond acceptors (Lipinski definition) is 5. The van der Waals surface area contributed by atoms with Crippen LogP contribution in [0.15, 0.2) is 80.1 Å². The number of nitrogens with one attached hydrogen (secondary N) is 1. The van der Waals surface area contributed by atoms with Gasteiger partial charge in [0.15, 0.2) is 0 Å². The number of amides is 1. The Hall–Kier alpha value is -2.93. The maximum Gasteiger partial charge on any atom is 0.339 e. The van der Waals surface area contributed by atoms with Crippen molar-refractivity contribution < 1.29 is 17.4 Å². The van der Waals surface area contributed by atoms with Gasteiger partial charge in [0.2, 0.25) is 0 Å². The molecule has 0 fully saturated rings. The van der Waals surface area contributed by atoms with Crippen molar-refractivity contribution in [1.29, 1.82) is 5.26 Å². The third-order valence-electron chi connectivity index (χ3n) is 4.47. The Balaban J connectivity index is 1.84. The third kappa shape index (κ3) is 6.32. The Labute approximate surface area is 209 Å². The molecule has 6 nitrogen and oxygen atoms in total. The summed E-state index contributed by atoms with van der Waals surface area (Å²) in [6.07, 6.45) is 1.36. The molecule has 33 heavy (non-hydrogen) atoms. The van der Waals surface area contributed by atoms with Crippen molar-refractivity contribution in [2.45, 2.75) is 18.7 Å². The first-order chi connectivity index (χ1) is 15.6. The second kappa shape index (κ2) is 10.3. The van der Waals surface area contributed by atoms with E-state index >= 15 is 0 Å². The van der Waals surface area contributed by atoms with Crippen molar-refractivity contribution in [2.75, 3.05) is 5.32 Å². The number of carbonyl (C=O) groups excluding carboxylic acids is 1. The molecule has 0 atom stereocenters. The normalized spacial score (nSPS) is 11.5. The highest BCUT2D eigenvalue weighted by Gasteiger charge is 2.17. The quantitative estimate of drug-likeness (QED) is 0.211. The number of aryl methyl sites for hydroxylation is 2. The maximum atomic E-state index is 12.7. The fourth-order valence-electron chi connectivity index (χ4n) is 2.85. The molecule has 3 rings (SSSR count). The number of nitriles is 1. The zero-order valence-corrected chi connectivity index (χ0v) is 21.6. The van der Waals surface area contributed by atoms with Crippen LogP contribution in [0.5, 0.6) is 5.75 Å². The highest BCUT2D eigenvalue weighted by molar-refractivity contribution is 9.11. The molecule has 0 saturated carbocycles. The third-order valence-corrected chi connectivity index (χ3v) is 6.99. The van der Waals surface area contributed by atoms with Gasteiger partial charge in [0.1, 0.15) is 22.3 Å². The van der Waals surface area contributed by atoms with Crippen LogP contribution in [0.25, 0.3) is 6.08 Å². The minimum atomic E-state index is -4.03. The highest BCUT2D eigenvalue weighted by atomic mass is 79.9. The van der Waals surface area contributed by atoms with Gasteiger partial charge in [-0.2, -0.15) is 13.7 Å². The number of anilines is 1. The molecule has 3 aromatic rings. The molecule has 0 aliphatic carbocycles. The Morgan fingerprint density at radius 2 is 1.64 bits per heavy atom. The van der Waals surface area contributed by atoms with Gasteiger partial charge in [0, 0.05) is 8.95 Å². The Bertz CT molecular complexity index is 1370. The van der Waals surface area contributed by atoms with E-state index in [4.69, 9.17) is 4.18 Å². The SMILES string of the molecule is Cc1ccc(S(=O)(=O)Oc2cccc(/C=C(\C#N)C(=O)Nc3c(Br)cc(C)cc3Br)c2)cc1. The van der Waals surface area contributed by atoms with Crippen LogP contribution in [0.4, 0.5) is 5.69 Å². The van der Waals surface area contributed by atoms with Gasteiger partial charge in [-0.3, -0.25) is 4.79 Å². The summed E-state index contributed by atoms with van der Waals surface area (Å²) in [6, 6.07) is 18.0. The summed E-state index contributed by atoms with van der Waals surface area (Å²) in [5.41, 5.74) is 2.68. The molecule has 0 aromatic heterocycles. The van der Waals surface area contributed by atoms with Crippen LogP contribution in [-0.4, -0.2) is 14.3 Å². The molecule has 0 saturated heterocycles. The molecule has 168 valence electrons. The van der Waals surface area contributed by atoms with E-state index in [1.165, 1.54) is 30.3 Å². The smallest absolute Gasteiger partial charge is 0.339 e. The van der Waals surface area contributed by atoms with E-state index in [1.54, 1.807) is 24.3 Å². The molecule has 0 aliphatic rings. The molecule has 0 unspecified atom stereocenters. The number of rotatable bonds is 6. The molecule has 9 heteroatoms.